The van der Waals surface area contributed by atoms with Gasteiger partial charge in [-0.05, 0) is 37.0 Å². The van der Waals surface area contributed by atoms with E-state index in [0.717, 1.165) is 38.2 Å². The third kappa shape index (κ3) is 3.83. The van der Waals surface area contributed by atoms with Crippen molar-refractivity contribution >= 4 is 5.91 Å². The number of aromatic nitrogens is 3. The van der Waals surface area contributed by atoms with E-state index in [1.807, 2.05) is 23.2 Å². The molecule has 0 aliphatic carbocycles. The lowest BCUT2D eigenvalue weighted by Crippen LogP contribution is -2.41. The Kier molecular flexibility index (Phi) is 5.28. The van der Waals surface area contributed by atoms with Crippen LogP contribution >= 0.6 is 0 Å². The van der Waals surface area contributed by atoms with E-state index in [2.05, 4.69) is 34.6 Å². The van der Waals surface area contributed by atoms with Gasteiger partial charge < -0.3 is 9.47 Å². The van der Waals surface area contributed by atoms with Gasteiger partial charge in [-0.1, -0.05) is 13.8 Å². The van der Waals surface area contributed by atoms with Crippen molar-refractivity contribution in [2.24, 2.45) is 0 Å². The van der Waals surface area contributed by atoms with Gasteiger partial charge in [0.25, 0.3) is 0 Å². The second kappa shape index (κ2) is 7.60. The van der Waals surface area contributed by atoms with Crippen LogP contribution in [0, 0.1) is 0 Å². The summed E-state index contributed by atoms with van der Waals surface area (Å²) in [6.45, 7) is 6.00. The average Bonchev–Trinajstić information content (AvgIpc) is 3.11. The number of imidazole rings is 1. The van der Waals surface area contributed by atoms with Crippen LogP contribution < -0.4 is 0 Å². The van der Waals surface area contributed by atoms with Gasteiger partial charge in [-0.3, -0.25) is 9.78 Å². The third-order valence-electron chi connectivity index (χ3n) is 4.73. The van der Waals surface area contributed by atoms with Crippen LogP contribution in [0.1, 0.15) is 56.5 Å². The first-order chi connectivity index (χ1) is 11.6. The minimum atomic E-state index is 0.253. The largest absolute Gasteiger partial charge is 0.341 e. The number of amides is 1. The molecule has 1 aliphatic rings. The number of piperidine rings is 1. The van der Waals surface area contributed by atoms with Gasteiger partial charge in [-0.15, -0.1) is 0 Å². The minimum absolute atomic E-state index is 0.253. The highest BCUT2D eigenvalue weighted by Crippen LogP contribution is 2.26. The van der Waals surface area contributed by atoms with Crippen molar-refractivity contribution in [1.29, 1.82) is 0 Å². The molecule has 1 fully saturated rings. The maximum Gasteiger partial charge on any atom is 0.222 e. The van der Waals surface area contributed by atoms with Gasteiger partial charge in [0.1, 0.15) is 5.82 Å². The number of carbonyl (C=O) groups is 1. The summed E-state index contributed by atoms with van der Waals surface area (Å²) in [6.07, 6.45) is 11.0. The molecule has 3 heterocycles. The Morgan fingerprint density at radius 2 is 2.08 bits per heavy atom. The fourth-order valence-electron chi connectivity index (χ4n) is 3.45. The Labute approximate surface area is 143 Å². The molecule has 2 aromatic rings. The molecule has 0 N–H and O–H groups in total. The summed E-state index contributed by atoms with van der Waals surface area (Å²) in [4.78, 5) is 23.1. The molecule has 1 aliphatic heterocycles. The zero-order valence-corrected chi connectivity index (χ0v) is 14.6. The van der Waals surface area contributed by atoms with Gasteiger partial charge in [-0.25, -0.2) is 4.98 Å². The zero-order chi connectivity index (χ0) is 16.9. The minimum Gasteiger partial charge on any atom is -0.341 e. The van der Waals surface area contributed by atoms with Crippen LogP contribution in [0.25, 0.3) is 0 Å². The Hall–Kier alpha value is -2.17. The molecule has 0 unspecified atom stereocenters. The fraction of sp³-hybridized carbons (Fsp3) is 0.526. The highest BCUT2D eigenvalue weighted by Gasteiger charge is 2.26. The van der Waals surface area contributed by atoms with Crippen LogP contribution in [0.2, 0.25) is 0 Å². The smallest absolute Gasteiger partial charge is 0.222 e. The second-order valence-electron chi connectivity index (χ2n) is 6.84. The Bertz CT molecular complexity index is 665. The van der Waals surface area contributed by atoms with E-state index in [4.69, 9.17) is 0 Å². The molecule has 1 saturated heterocycles. The Morgan fingerprint density at radius 1 is 1.29 bits per heavy atom. The lowest BCUT2D eigenvalue weighted by atomic mass is 10.0. The van der Waals surface area contributed by atoms with E-state index in [1.165, 1.54) is 5.56 Å². The molecular weight excluding hydrogens is 300 g/mol. The second-order valence-corrected chi connectivity index (χ2v) is 6.84. The summed E-state index contributed by atoms with van der Waals surface area (Å²) < 4.78 is 2.27. The molecule has 128 valence electrons. The van der Waals surface area contributed by atoms with Crippen molar-refractivity contribution in [3.05, 3.63) is 48.3 Å². The van der Waals surface area contributed by atoms with E-state index in [0.29, 0.717) is 18.4 Å². The van der Waals surface area contributed by atoms with Crippen molar-refractivity contribution in [3.63, 3.8) is 0 Å². The van der Waals surface area contributed by atoms with Crippen LogP contribution in [0.4, 0.5) is 0 Å². The number of likely N-dealkylation sites (tertiary alicyclic amines) is 1. The number of nitrogens with zero attached hydrogens (tertiary/aromatic N) is 4. The quantitative estimate of drug-likeness (QED) is 0.848. The molecule has 2 aromatic heterocycles. The predicted octanol–water partition coefficient (Wildman–Crippen LogP) is 3.20. The molecule has 0 aromatic carbocycles. The maximum atomic E-state index is 12.6. The molecule has 24 heavy (non-hydrogen) atoms. The van der Waals surface area contributed by atoms with Crippen molar-refractivity contribution in [3.8, 4) is 0 Å². The fourth-order valence-corrected chi connectivity index (χ4v) is 3.45. The molecule has 0 spiro atoms. The van der Waals surface area contributed by atoms with Crippen molar-refractivity contribution in [2.75, 3.05) is 13.1 Å². The summed E-state index contributed by atoms with van der Waals surface area (Å²) in [5.41, 5.74) is 1.17. The number of carbonyl (C=O) groups excluding carboxylic acids is 1. The first kappa shape index (κ1) is 16.7. The standard InChI is InChI=1S/C19H26N4O/c1-15(2)19-21-11-13-23(19)17-4-3-12-22(14-17)18(24)6-5-16-7-9-20-10-8-16/h7-11,13,15,17H,3-6,12,14H2,1-2H3/t17-/m1/s1. The molecule has 0 radical (unpaired) electrons. The molecule has 1 amide bonds. The summed E-state index contributed by atoms with van der Waals surface area (Å²) >= 11 is 0. The SMILES string of the molecule is CC(C)c1nccn1[C@@H]1CCCN(C(=O)CCc2ccncc2)C1. The number of hydrogen-bond donors (Lipinski definition) is 0. The number of rotatable bonds is 5. The molecule has 0 saturated carbocycles. The van der Waals surface area contributed by atoms with Gasteiger partial charge in [-0.2, -0.15) is 0 Å². The summed E-state index contributed by atoms with van der Waals surface area (Å²) in [7, 11) is 0. The highest BCUT2D eigenvalue weighted by molar-refractivity contribution is 5.76. The van der Waals surface area contributed by atoms with E-state index in [-0.39, 0.29) is 5.91 Å². The Balaban J connectivity index is 1.60. The molecule has 1 atom stereocenters. The molecule has 5 nitrogen and oxygen atoms in total. The van der Waals surface area contributed by atoms with Crippen LogP contribution in [-0.4, -0.2) is 38.4 Å². The summed E-state index contributed by atoms with van der Waals surface area (Å²) in [5, 5.41) is 0. The van der Waals surface area contributed by atoms with Crippen LogP contribution in [0.3, 0.4) is 0 Å². The van der Waals surface area contributed by atoms with E-state index < -0.39 is 0 Å². The third-order valence-corrected chi connectivity index (χ3v) is 4.73. The Morgan fingerprint density at radius 3 is 2.83 bits per heavy atom. The van der Waals surface area contributed by atoms with Crippen LogP contribution in [0.15, 0.2) is 36.9 Å². The average molecular weight is 326 g/mol. The lowest BCUT2D eigenvalue weighted by Gasteiger charge is -2.34. The van der Waals surface area contributed by atoms with E-state index in [1.54, 1.807) is 12.4 Å². The topological polar surface area (TPSA) is 51.0 Å². The van der Waals surface area contributed by atoms with Gasteiger partial charge >= 0.3 is 0 Å². The van der Waals surface area contributed by atoms with Crippen molar-refractivity contribution in [1.82, 2.24) is 19.4 Å². The number of hydrogen-bond acceptors (Lipinski definition) is 3. The molecule has 5 heteroatoms. The molecule has 0 bridgehead atoms. The highest BCUT2D eigenvalue weighted by atomic mass is 16.2. The first-order valence-electron chi connectivity index (χ1n) is 8.84. The maximum absolute atomic E-state index is 12.6. The van der Waals surface area contributed by atoms with E-state index >= 15 is 0 Å². The zero-order valence-electron chi connectivity index (χ0n) is 14.6. The van der Waals surface area contributed by atoms with Gasteiger partial charge in [0.15, 0.2) is 0 Å². The lowest BCUT2D eigenvalue weighted by molar-refractivity contribution is -0.132. The molecule has 3 rings (SSSR count). The predicted molar refractivity (Wildman–Crippen MR) is 93.7 cm³/mol. The molecular formula is C19H26N4O. The van der Waals surface area contributed by atoms with Crippen LogP contribution in [0.5, 0.6) is 0 Å². The van der Waals surface area contributed by atoms with Gasteiger partial charge in [0.2, 0.25) is 5.91 Å². The number of pyridine rings is 1. The van der Waals surface area contributed by atoms with Crippen LogP contribution in [-0.2, 0) is 11.2 Å². The normalized spacial score (nSPS) is 18.1. The summed E-state index contributed by atoms with van der Waals surface area (Å²) in [5.74, 6) is 1.77. The first-order valence-corrected chi connectivity index (χ1v) is 8.84. The number of aryl methyl sites for hydroxylation is 1. The monoisotopic (exact) mass is 326 g/mol. The summed E-state index contributed by atoms with van der Waals surface area (Å²) in [6, 6.07) is 4.31. The van der Waals surface area contributed by atoms with Crippen molar-refractivity contribution < 1.29 is 4.79 Å². The van der Waals surface area contributed by atoms with E-state index in [9.17, 15) is 4.79 Å². The van der Waals surface area contributed by atoms with Crippen molar-refractivity contribution in [2.45, 2.75) is 51.5 Å². The van der Waals surface area contributed by atoms with Gasteiger partial charge in [0, 0.05) is 50.2 Å². The van der Waals surface area contributed by atoms with Gasteiger partial charge in [0.05, 0.1) is 6.04 Å².